The van der Waals surface area contributed by atoms with Gasteiger partial charge < -0.3 is 15.0 Å². The van der Waals surface area contributed by atoms with Gasteiger partial charge in [-0.15, -0.1) is 0 Å². The SMILES string of the molecule is CCN1CCC(C)(COc2cccc3c2NCCC3)CC1. The summed E-state index contributed by atoms with van der Waals surface area (Å²) in [5, 5.41) is 3.51. The van der Waals surface area contributed by atoms with E-state index in [0.29, 0.717) is 5.41 Å². The van der Waals surface area contributed by atoms with Crippen LogP contribution in [-0.4, -0.2) is 37.7 Å². The number of hydrogen-bond donors (Lipinski definition) is 1. The summed E-state index contributed by atoms with van der Waals surface area (Å²) in [6.45, 7) is 10.1. The average Bonchev–Trinajstić information content (AvgIpc) is 2.54. The number of aryl methyl sites for hydroxylation is 1. The molecule has 0 bridgehead atoms. The molecule has 1 aromatic carbocycles. The molecule has 0 atom stereocenters. The maximum absolute atomic E-state index is 6.23. The first kappa shape index (κ1) is 14.7. The maximum atomic E-state index is 6.23. The van der Waals surface area contributed by atoms with Crippen molar-refractivity contribution in [2.24, 2.45) is 5.41 Å². The molecule has 0 saturated carbocycles. The third-order valence-electron chi connectivity index (χ3n) is 5.12. The second-order valence-corrected chi connectivity index (χ2v) is 6.85. The third-order valence-corrected chi connectivity index (χ3v) is 5.12. The van der Waals surface area contributed by atoms with Crippen molar-refractivity contribution in [2.45, 2.75) is 39.5 Å². The Morgan fingerprint density at radius 2 is 2.10 bits per heavy atom. The minimum absolute atomic E-state index is 0.322. The van der Waals surface area contributed by atoms with Crippen LogP contribution < -0.4 is 10.1 Å². The number of piperidine rings is 1. The zero-order chi connectivity index (χ0) is 14.7. The summed E-state index contributed by atoms with van der Waals surface area (Å²) in [5.41, 5.74) is 2.96. The Morgan fingerprint density at radius 3 is 2.86 bits per heavy atom. The summed E-state index contributed by atoms with van der Waals surface area (Å²) in [6.07, 6.45) is 4.87. The van der Waals surface area contributed by atoms with Gasteiger partial charge in [0.1, 0.15) is 5.75 Å². The molecule has 0 aromatic heterocycles. The normalized spacial score (nSPS) is 21.4. The minimum atomic E-state index is 0.322. The summed E-state index contributed by atoms with van der Waals surface area (Å²) in [6, 6.07) is 6.46. The van der Waals surface area contributed by atoms with Gasteiger partial charge in [-0.2, -0.15) is 0 Å². The van der Waals surface area contributed by atoms with E-state index >= 15 is 0 Å². The van der Waals surface area contributed by atoms with E-state index in [2.05, 4.69) is 42.3 Å². The van der Waals surface area contributed by atoms with Gasteiger partial charge in [-0.05, 0) is 56.9 Å². The number of nitrogens with one attached hydrogen (secondary N) is 1. The smallest absolute Gasteiger partial charge is 0.142 e. The first-order valence-corrected chi connectivity index (χ1v) is 8.41. The largest absolute Gasteiger partial charge is 0.491 e. The number of anilines is 1. The van der Waals surface area contributed by atoms with Crippen LogP contribution in [0.2, 0.25) is 0 Å². The molecule has 0 spiro atoms. The van der Waals surface area contributed by atoms with Crippen LogP contribution in [0.4, 0.5) is 5.69 Å². The Kier molecular flexibility index (Phi) is 4.39. The highest BCUT2D eigenvalue weighted by molar-refractivity contribution is 5.63. The van der Waals surface area contributed by atoms with E-state index in [0.717, 1.165) is 18.9 Å². The van der Waals surface area contributed by atoms with E-state index in [9.17, 15) is 0 Å². The molecule has 0 unspecified atom stereocenters. The van der Waals surface area contributed by atoms with Crippen molar-refractivity contribution in [3.63, 3.8) is 0 Å². The zero-order valence-electron chi connectivity index (χ0n) is 13.5. The molecule has 1 aromatic rings. The number of rotatable bonds is 4. The fourth-order valence-electron chi connectivity index (χ4n) is 3.40. The van der Waals surface area contributed by atoms with Gasteiger partial charge >= 0.3 is 0 Å². The van der Waals surface area contributed by atoms with Gasteiger partial charge in [0.05, 0.1) is 12.3 Å². The fraction of sp³-hybridized carbons (Fsp3) is 0.667. The van der Waals surface area contributed by atoms with Crippen molar-refractivity contribution >= 4 is 5.69 Å². The first-order valence-electron chi connectivity index (χ1n) is 8.41. The number of para-hydroxylation sites is 1. The highest BCUT2D eigenvalue weighted by atomic mass is 16.5. The van der Waals surface area contributed by atoms with Crippen molar-refractivity contribution in [3.05, 3.63) is 23.8 Å². The van der Waals surface area contributed by atoms with E-state index in [1.54, 1.807) is 0 Å². The Bertz CT molecular complexity index is 478. The van der Waals surface area contributed by atoms with Crippen LogP contribution in [0.1, 0.15) is 38.7 Å². The van der Waals surface area contributed by atoms with Gasteiger partial charge in [-0.1, -0.05) is 26.0 Å². The highest BCUT2D eigenvalue weighted by Crippen LogP contribution is 2.36. The van der Waals surface area contributed by atoms with Crippen LogP contribution in [0.25, 0.3) is 0 Å². The second-order valence-electron chi connectivity index (χ2n) is 6.85. The lowest BCUT2D eigenvalue weighted by molar-refractivity contribution is 0.0717. The van der Waals surface area contributed by atoms with Crippen LogP contribution in [0.15, 0.2) is 18.2 Å². The standard InChI is InChI=1S/C18H28N2O/c1-3-20-12-9-18(2,10-13-20)14-21-16-8-4-6-15-7-5-11-19-17(15)16/h4,6,8,19H,3,5,7,9-14H2,1-2H3. The summed E-state index contributed by atoms with van der Waals surface area (Å²) in [7, 11) is 0. The van der Waals surface area contributed by atoms with Gasteiger partial charge in [0.15, 0.2) is 0 Å². The molecule has 1 N–H and O–H groups in total. The van der Waals surface area contributed by atoms with E-state index in [1.165, 1.54) is 56.6 Å². The number of likely N-dealkylation sites (tertiary alicyclic amines) is 1. The number of fused-ring (bicyclic) bond motifs is 1. The van der Waals surface area contributed by atoms with E-state index in [4.69, 9.17) is 4.74 Å². The first-order chi connectivity index (χ1) is 10.2. The van der Waals surface area contributed by atoms with Gasteiger partial charge in [0.25, 0.3) is 0 Å². The zero-order valence-corrected chi connectivity index (χ0v) is 13.5. The molecule has 3 heteroatoms. The lowest BCUT2D eigenvalue weighted by Gasteiger charge is -2.39. The van der Waals surface area contributed by atoms with Crippen molar-refractivity contribution in [3.8, 4) is 5.75 Å². The van der Waals surface area contributed by atoms with Crippen molar-refractivity contribution < 1.29 is 4.74 Å². The molecular formula is C18H28N2O. The van der Waals surface area contributed by atoms with Crippen molar-refractivity contribution in [2.75, 3.05) is 38.1 Å². The topological polar surface area (TPSA) is 24.5 Å². The average molecular weight is 288 g/mol. The van der Waals surface area contributed by atoms with Gasteiger partial charge in [0.2, 0.25) is 0 Å². The molecule has 1 saturated heterocycles. The highest BCUT2D eigenvalue weighted by Gasteiger charge is 2.30. The van der Waals surface area contributed by atoms with Gasteiger partial charge in [-0.25, -0.2) is 0 Å². The van der Waals surface area contributed by atoms with Crippen LogP contribution in [0, 0.1) is 5.41 Å². The molecule has 3 nitrogen and oxygen atoms in total. The Labute approximate surface area is 128 Å². The summed E-state index contributed by atoms with van der Waals surface area (Å²) in [5.74, 6) is 1.05. The number of nitrogens with zero attached hydrogens (tertiary/aromatic N) is 1. The molecule has 2 heterocycles. The molecule has 1 fully saturated rings. The van der Waals surface area contributed by atoms with Crippen LogP contribution in [-0.2, 0) is 6.42 Å². The molecular weight excluding hydrogens is 260 g/mol. The predicted molar refractivity (Wildman–Crippen MR) is 88.2 cm³/mol. The molecule has 116 valence electrons. The Hall–Kier alpha value is -1.22. The van der Waals surface area contributed by atoms with Crippen LogP contribution >= 0.6 is 0 Å². The number of ether oxygens (including phenoxy) is 1. The van der Waals surface area contributed by atoms with Crippen molar-refractivity contribution in [1.82, 2.24) is 4.90 Å². The summed E-state index contributed by atoms with van der Waals surface area (Å²) >= 11 is 0. The van der Waals surface area contributed by atoms with Crippen LogP contribution in [0.5, 0.6) is 5.75 Å². The maximum Gasteiger partial charge on any atom is 0.142 e. The quantitative estimate of drug-likeness (QED) is 0.917. The fourth-order valence-corrected chi connectivity index (χ4v) is 3.40. The molecule has 2 aliphatic heterocycles. The van der Waals surface area contributed by atoms with E-state index < -0.39 is 0 Å². The molecule has 0 radical (unpaired) electrons. The molecule has 0 amide bonds. The lowest BCUT2D eigenvalue weighted by atomic mass is 9.81. The Morgan fingerprint density at radius 1 is 1.29 bits per heavy atom. The molecule has 2 aliphatic rings. The van der Waals surface area contributed by atoms with Crippen molar-refractivity contribution in [1.29, 1.82) is 0 Å². The summed E-state index contributed by atoms with van der Waals surface area (Å²) < 4.78 is 6.23. The minimum Gasteiger partial charge on any atom is -0.491 e. The molecule has 21 heavy (non-hydrogen) atoms. The second kappa shape index (κ2) is 6.27. The van der Waals surface area contributed by atoms with Crippen LogP contribution in [0.3, 0.4) is 0 Å². The third kappa shape index (κ3) is 3.34. The lowest BCUT2D eigenvalue weighted by Crippen LogP contribution is -2.41. The number of hydrogen-bond acceptors (Lipinski definition) is 3. The van der Waals surface area contributed by atoms with E-state index in [1.807, 2.05) is 0 Å². The summed E-state index contributed by atoms with van der Waals surface area (Å²) in [4.78, 5) is 2.54. The number of benzene rings is 1. The predicted octanol–water partition coefficient (Wildman–Crippen LogP) is 3.55. The van der Waals surface area contributed by atoms with E-state index in [-0.39, 0.29) is 0 Å². The van der Waals surface area contributed by atoms with Gasteiger partial charge in [-0.3, -0.25) is 0 Å². The molecule has 0 aliphatic carbocycles. The molecule has 3 rings (SSSR count). The van der Waals surface area contributed by atoms with Gasteiger partial charge in [0, 0.05) is 12.0 Å². The Balaban J connectivity index is 1.63. The monoisotopic (exact) mass is 288 g/mol.